The van der Waals surface area contributed by atoms with E-state index in [1.807, 2.05) is 6.92 Å². The van der Waals surface area contributed by atoms with Crippen molar-refractivity contribution in [3.8, 4) is 0 Å². The van der Waals surface area contributed by atoms with Crippen molar-refractivity contribution in [3.05, 3.63) is 0 Å². The number of ether oxygens (including phenoxy) is 2. The van der Waals surface area contributed by atoms with Crippen LogP contribution in [0.15, 0.2) is 0 Å². The van der Waals surface area contributed by atoms with Crippen molar-refractivity contribution in [1.29, 1.82) is 0 Å². The molecule has 4 fully saturated rings. The van der Waals surface area contributed by atoms with Crippen molar-refractivity contribution in [1.82, 2.24) is 0 Å². The van der Waals surface area contributed by atoms with Crippen molar-refractivity contribution < 1.29 is 28.2 Å². The molecule has 174 valence electrons. The highest BCUT2D eigenvalue weighted by molar-refractivity contribution is 5.83. The third-order valence-corrected chi connectivity index (χ3v) is 9.69. The van der Waals surface area contributed by atoms with Crippen LogP contribution in [0.5, 0.6) is 0 Å². The van der Waals surface area contributed by atoms with E-state index < -0.39 is 6.17 Å². The van der Waals surface area contributed by atoms with E-state index in [2.05, 4.69) is 13.8 Å². The first-order valence-corrected chi connectivity index (χ1v) is 12.0. The number of hydrogen-bond donors (Lipinski definition) is 0. The second kappa shape index (κ2) is 7.84. The van der Waals surface area contributed by atoms with Crippen LogP contribution in [-0.2, 0) is 23.9 Å². The molecule has 0 spiro atoms. The van der Waals surface area contributed by atoms with Crippen LogP contribution in [0.4, 0.5) is 4.39 Å². The number of Topliss-reactive ketones (excluding diaryl/α,β-unsaturated/α-hetero) is 1. The van der Waals surface area contributed by atoms with Crippen LogP contribution >= 0.6 is 0 Å². The van der Waals surface area contributed by atoms with Gasteiger partial charge in [0.2, 0.25) is 0 Å². The normalized spacial score (nSPS) is 47.5. The van der Waals surface area contributed by atoms with Gasteiger partial charge in [-0.2, -0.15) is 0 Å². The molecule has 10 atom stereocenters. The van der Waals surface area contributed by atoms with Crippen LogP contribution in [0.1, 0.15) is 79.6 Å². The SMILES string of the molecule is CC(=O)O[C@H]1CC[C@@]2(C)C(CC(=O)[C@H]3[C@@H]4[C@@H](F)C[C@H]([C@@H](C)OC(C)=O)[C@@]4(C)CC[C@@H]32)C1. The Morgan fingerprint density at radius 1 is 1.06 bits per heavy atom. The fourth-order valence-electron chi connectivity index (χ4n) is 8.34. The average molecular weight is 437 g/mol. The summed E-state index contributed by atoms with van der Waals surface area (Å²) in [4.78, 5) is 36.4. The summed E-state index contributed by atoms with van der Waals surface area (Å²) in [7, 11) is 0. The minimum atomic E-state index is -1.04. The predicted octanol–water partition coefficient (Wildman–Crippen LogP) is 4.66. The zero-order valence-corrected chi connectivity index (χ0v) is 19.5. The van der Waals surface area contributed by atoms with Crippen molar-refractivity contribution in [2.45, 2.75) is 97.9 Å². The minimum absolute atomic E-state index is 0.0180. The van der Waals surface area contributed by atoms with Gasteiger partial charge in [0.05, 0.1) is 0 Å². The van der Waals surface area contributed by atoms with E-state index in [1.165, 1.54) is 13.8 Å². The Labute approximate surface area is 184 Å². The maximum atomic E-state index is 15.6. The van der Waals surface area contributed by atoms with Crippen LogP contribution in [0.2, 0.25) is 0 Å². The average Bonchev–Trinajstić information content (AvgIpc) is 2.93. The lowest BCUT2D eigenvalue weighted by atomic mass is 9.44. The van der Waals surface area contributed by atoms with E-state index in [0.29, 0.717) is 12.8 Å². The Bertz CT molecular complexity index is 767. The van der Waals surface area contributed by atoms with Crippen LogP contribution in [0.25, 0.3) is 0 Å². The van der Waals surface area contributed by atoms with Gasteiger partial charge in [-0.05, 0) is 68.1 Å². The van der Waals surface area contributed by atoms with E-state index >= 15 is 4.39 Å². The molecule has 0 amide bonds. The summed E-state index contributed by atoms with van der Waals surface area (Å²) in [6.07, 6.45) is 3.56. The van der Waals surface area contributed by atoms with Crippen LogP contribution in [0, 0.1) is 40.4 Å². The molecule has 0 saturated heterocycles. The first-order chi connectivity index (χ1) is 14.5. The zero-order valence-electron chi connectivity index (χ0n) is 19.5. The number of fused-ring (bicyclic) bond motifs is 5. The summed E-state index contributed by atoms with van der Waals surface area (Å²) >= 11 is 0. The Morgan fingerprint density at radius 3 is 2.39 bits per heavy atom. The second-order valence-corrected chi connectivity index (χ2v) is 11.3. The molecular formula is C25H37FO5. The molecular weight excluding hydrogens is 399 g/mol. The molecule has 0 aromatic carbocycles. The summed E-state index contributed by atoms with van der Waals surface area (Å²) in [5.74, 6) is -0.653. The second-order valence-electron chi connectivity index (χ2n) is 11.3. The molecule has 0 aliphatic heterocycles. The number of ketones is 1. The fourth-order valence-corrected chi connectivity index (χ4v) is 8.34. The third kappa shape index (κ3) is 3.62. The van der Waals surface area contributed by atoms with Gasteiger partial charge in [0, 0.05) is 38.0 Å². The first-order valence-electron chi connectivity index (χ1n) is 12.0. The van der Waals surface area contributed by atoms with Crippen LogP contribution < -0.4 is 0 Å². The topological polar surface area (TPSA) is 69.7 Å². The maximum absolute atomic E-state index is 15.6. The van der Waals surface area contributed by atoms with Gasteiger partial charge >= 0.3 is 11.9 Å². The number of carbonyl (C=O) groups is 3. The van der Waals surface area contributed by atoms with Crippen LogP contribution in [-0.4, -0.2) is 36.1 Å². The lowest BCUT2D eigenvalue weighted by Gasteiger charge is -2.60. The molecule has 1 unspecified atom stereocenters. The highest BCUT2D eigenvalue weighted by atomic mass is 19.1. The van der Waals surface area contributed by atoms with Gasteiger partial charge in [0.15, 0.2) is 0 Å². The molecule has 4 saturated carbocycles. The molecule has 0 N–H and O–H groups in total. The molecule has 0 heterocycles. The molecule has 6 heteroatoms. The number of rotatable bonds is 3. The Hall–Kier alpha value is -1.46. The molecule has 4 rings (SSSR count). The smallest absolute Gasteiger partial charge is 0.302 e. The number of esters is 2. The summed E-state index contributed by atoms with van der Waals surface area (Å²) in [5.41, 5.74) is -0.348. The lowest BCUT2D eigenvalue weighted by molar-refractivity contribution is -0.173. The van der Waals surface area contributed by atoms with Crippen molar-refractivity contribution in [2.24, 2.45) is 40.4 Å². The Kier molecular flexibility index (Phi) is 5.75. The van der Waals surface area contributed by atoms with Crippen molar-refractivity contribution in [2.75, 3.05) is 0 Å². The van der Waals surface area contributed by atoms with Gasteiger partial charge < -0.3 is 9.47 Å². The Balaban J connectivity index is 1.60. The quantitative estimate of drug-likeness (QED) is 0.602. The lowest BCUT2D eigenvalue weighted by Crippen LogP contribution is -2.58. The van der Waals surface area contributed by atoms with Gasteiger partial charge in [-0.25, -0.2) is 4.39 Å². The van der Waals surface area contributed by atoms with Gasteiger partial charge in [-0.15, -0.1) is 0 Å². The maximum Gasteiger partial charge on any atom is 0.302 e. The van der Waals surface area contributed by atoms with Gasteiger partial charge in [0.1, 0.15) is 24.2 Å². The molecule has 5 nitrogen and oxygen atoms in total. The summed E-state index contributed by atoms with van der Waals surface area (Å²) < 4.78 is 26.6. The van der Waals surface area contributed by atoms with E-state index in [-0.39, 0.29) is 70.3 Å². The zero-order chi connectivity index (χ0) is 22.7. The minimum Gasteiger partial charge on any atom is -0.463 e. The predicted molar refractivity (Wildman–Crippen MR) is 113 cm³/mol. The van der Waals surface area contributed by atoms with Crippen molar-refractivity contribution >= 4 is 17.7 Å². The highest BCUT2D eigenvalue weighted by Gasteiger charge is 2.66. The molecule has 31 heavy (non-hydrogen) atoms. The summed E-state index contributed by atoms with van der Waals surface area (Å²) in [6, 6.07) is 0. The first kappa shape index (κ1) is 22.7. The largest absolute Gasteiger partial charge is 0.463 e. The van der Waals surface area contributed by atoms with Gasteiger partial charge in [-0.3, -0.25) is 14.4 Å². The third-order valence-electron chi connectivity index (χ3n) is 9.69. The fraction of sp³-hybridized carbons (Fsp3) is 0.880. The standard InChI is InChI=1S/C25H37FO5/c1-13(30-14(2)27)19-12-20(26)23-22-18(7-9-25(19,23)5)24(4)8-6-17(31-15(3)28)10-16(24)11-21(22)29/h13,16-20,22-23H,6-12H2,1-5H3/t13-,16?,17+,18+,19-,20+,22+,23+,24+,25-/m1/s1. The van der Waals surface area contributed by atoms with E-state index in [1.54, 1.807) is 0 Å². The van der Waals surface area contributed by atoms with E-state index in [0.717, 1.165) is 32.1 Å². The van der Waals surface area contributed by atoms with Crippen LogP contribution in [0.3, 0.4) is 0 Å². The van der Waals surface area contributed by atoms with E-state index in [4.69, 9.17) is 9.47 Å². The molecule has 0 bridgehead atoms. The number of alkyl halides is 1. The number of carbonyl (C=O) groups excluding carboxylic acids is 3. The number of hydrogen-bond acceptors (Lipinski definition) is 5. The highest BCUT2D eigenvalue weighted by Crippen LogP contribution is 2.67. The molecule has 0 radical (unpaired) electrons. The molecule has 4 aliphatic carbocycles. The van der Waals surface area contributed by atoms with Gasteiger partial charge in [0.25, 0.3) is 0 Å². The van der Waals surface area contributed by atoms with E-state index in [9.17, 15) is 14.4 Å². The monoisotopic (exact) mass is 436 g/mol. The molecule has 4 aliphatic rings. The molecule has 0 aromatic heterocycles. The van der Waals surface area contributed by atoms with Crippen molar-refractivity contribution in [3.63, 3.8) is 0 Å². The summed E-state index contributed by atoms with van der Waals surface area (Å²) in [6.45, 7) is 9.11. The van der Waals surface area contributed by atoms with Gasteiger partial charge in [-0.1, -0.05) is 13.8 Å². The molecule has 0 aromatic rings. The Morgan fingerprint density at radius 2 is 1.74 bits per heavy atom. The number of halogens is 1. The summed E-state index contributed by atoms with van der Waals surface area (Å²) in [5, 5.41) is 0.